The molecule has 0 fully saturated rings. The van der Waals surface area contributed by atoms with E-state index in [1.54, 1.807) is 36.7 Å². The lowest BCUT2D eigenvalue weighted by molar-refractivity contribution is -0.384. The highest BCUT2D eigenvalue weighted by atomic mass is 32.2. The minimum absolute atomic E-state index is 0.0752. The number of pyridine rings is 1. The van der Waals surface area contributed by atoms with Gasteiger partial charge in [-0.05, 0) is 31.7 Å². The van der Waals surface area contributed by atoms with Gasteiger partial charge in [0, 0.05) is 18.3 Å². The lowest BCUT2D eigenvalue weighted by atomic mass is 10.1. The second-order valence-corrected chi connectivity index (χ2v) is 6.76. The molecular weight excluding hydrogens is 368 g/mol. The summed E-state index contributed by atoms with van der Waals surface area (Å²) >= 11 is 1.39. The van der Waals surface area contributed by atoms with Crippen molar-refractivity contribution in [2.75, 3.05) is 6.26 Å². The number of hydrogen-bond donors (Lipinski definition) is 0. The maximum atomic E-state index is 13.2. The fourth-order valence-electron chi connectivity index (χ4n) is 3.02. The SMILES string of the molecule is CSc1nc2nc(C)c3c(=O)n(-c4cc([N+](=O)[O-])ccc4C)ccc3n2n1. The van der Waals surface area contributed by atoms with Gasteiger partial charge in [-0.2, -0.15) is 9.50 Å². The molecule has 0 unspecified atom stereocenters. The van der Waals surface area contributed by atoms with Gasteiger partial charge in [0.05, 0.1) is 27.2 Å². The maximum absolute atomic E-state index is 13.2. The minimum atomic E-state index is -0.481. The average molecular weight is 382 g/mol. The molecule has 3 aromatic heterocycles. The van der Waals surface area contributed by atoms with Crippen molar-refractivity contribution < 1.29 is 4.92 Å². The minimum Gasteiger partial charge on any atom is -0.283 e. The Morgan fingerprint density at radius 2 is 1.96 bits per heavy atom. The van der Waals surface area contributed by atoms with Crippen LogP contribution in [-0.2, 0) is 0 Å². The largest absolute Gasteiger partial charge is 0.283 e. The highest BCUT2D eigenvalue weighted by Gasteiger charge is 2.17. The zero-order chi connectivity index (χ0) is 19.3. The molecule has 9 nitrogen and oxygen atoms in total. The number of aryl methyl sites for hydroxylation is 2. The van der Waals surface area contributed by atoms with E-state index in [0.717, 1.165) is 5.56 Å². The van der Waals surface area contributed by atoms with E-state index in [1.165, 1.54) is 28.5 Å². The number of fused-ring (bicyclic) bond motifs is 3. The fourth-order valence-corrected chi connectivity index (χ4v) is 3.35. The summed E-state index contributed by atoms with van der Waals surface area (Å²) in [6.45, 7) is 3.54. The number of hydrogen-bond acceptors (Lipinski definition) is 7. The number of nitro benzene ring substituents is 1. The van der Waals surface area contributed by atoms with Crippen LogP contribution in [0.3, 0.4) is 0 Å². The number of rotatable bonds is 3. The Morgan fingerprint density at radius 3 is 2.67 bits per heavy atom. The summed E-state index contributed by atoms with van der Waals surface area (Å²) in [6.07, 6.45) is 3.46. The predicted octanol–water partition coefficient (Wildman–Crippen LogP) is 2.68. The number of nitrogens with zero attached hydrogens (tertiary/aromatic N) is 6. The van der Waals surface area contributed by atoms with Gasteiger partial charge in [-0.15, -0.1) is 5.10 Å². The molecule has 0 aliphatic rings. The van der Waals surface area contributed by atoms with Gasteiger partial charge in [-0.3, -0.25) is 19.5 Å². The quantitative estimate of drug-likeness (QED) is 0.304. The summed E-state index contributed by atoms with van der Waals surface area (Å²) in [6, 6.07) is 6.18. The first-order valence-corrected chi connectivity index (χ1v) is 9.21. The predicted molar refractivity (Wildman–Crippen MR) is 102 cm³/mol. The Bertz CT molecular complexity index is 1290. The first-order valence-electron chi connectivity index (χ1n) is 7.99. The zero-order valence-corrected chi connectivity index (χ0v) is 15.5. The fraction of sp³-hybridized carbons (Fsp3) is 0.176. The van der Waals surface area contributed by atoms with Gasteiger partial charge in [0.15, 0.2) is 0 Å². The first-order chi connectivity index (χ1) is 12.9. The van der Waals surface area contributed by atoms with Crippen molar-refractivity contribution >= 4 is 34.1 Å². The highest BCUT2D eigenvalue weighted by Crippen LogP contribution is 2.22. The molecule has 3 heterocycles. The van der Waals surface area contributed by atoms with Crippen LogP contribution in [-0.4, -0.2) is 35.3 Å². The monoisotopic (exact) mass is 382 g/mol. The molecule has 136 valence electrons. The summed E-state index contributed by atoms with van der Waals surface area (Å²) in [7, 11) is 0. The van der Waals surface area contributed by atoms with Gasteiger partial charge in [0.1, 0.15) is 0 Å². The summed E-state index contributed by atoms with van der Waals surface area (Å²) < 4.78 is 2.94. The van der Waals surface area contributed by atoms with Crippen LogP contribution in [0, 0.1) is 24.0 Å². The maximum Gasteiger partial charge on any atom is 0.271 e. The van der Waals surface area contributed by atoms with E-state index in [0.29, 0.717) is 33.2 Å². The molecule has 4 rings (SSSR count). The lowest BCUT2D eigenvalue weighted by Gasteiger charge is -2.11. The van der Waals surface area contributed by atoms with Gasteiger partial charge in [-0.25, -0.2) is 4.98 Å². The van der Waals surface area contributed by atoms with E-state index in [1.807, 2.05) is 6.26 Å². The molecule has 0 radical (unpaired) electrons. The van der Waals surface area contributed by atoms with Crippen molar-refractivity contribution in [2.24, 2.45) is 0 Å². The Hall–Kier alpha value is -3.27. The van der Waals surface area contributed by atoms with Gasteiger partial charge >= 0.3 is 0 Å². The van der Waals surface area contributed by atoms with Crippen molar-refractivity contribution in [2.45, 2.75) is 19.0 Å². The summed E-state index contributed by atoms with van der Waals surface area (Å²) in [4.78, 5) is 32.5. The van der Waals surface area contributed by atoms with E-state index < -0.39 is 4.92 Å². The molecule has 10 heteroatoms. The van der Waals surface area contributed by atoms with E-state index in [-0.39, 0.29) is 11.2 Å². The van der Waals surface area contributed by atoms with Crippen LogP contribution < -0.4 is 5.56 Å². The van der Waals surface area contributed by atoms with E-state index in [4.69, 9.17) is 0 Å². The average Bonchev–Trinajstić information content (AvgIpc) is 3.05. The van der Waals surface area contributed by atoms with E-state index >= 15 is 0 Å². The zero-order valence-electron chi connectivity index (χ0n) is 14.7. The summed E-state index contributed by atoms with van der Waals surface area (Å²) in [5.41, 5.74) is 1.94. The van der Waals surface area contributed by atoms with Crippen molar-refractivity contribution in [3.63, 3.8) is 0 Å². The van der Waals surface area contributed by atoms with Gasteiger partial charge < -0.3 is 0 Å². The molecule has 0 aliphatic heterocycles. The second kappa shape index (κ2) is 6.16. The molecule has 0 bridgehead atoms. The number of benzene rings is 1. The normalized spacial score (nSPS) is 11.4. The van der Waals surface area contributed by atoms with Crippen molar-refractivity contribution in [1.29, 1.82) is 0 Å². The number of non-ortho nitro benzene ring substituents is 1. The van der Waals surface area contributed by atoms with E-state index in [9.17, 15) is 14.9 Å². The standard InChI is InChI=1S/C17H14N6O3S/c1-9-4-5-11(23(25)26)8-13(9)21-7-6-12-14(15(21)24)10(2)18-16-19-17(27-3)20-22(12)16/h4-8H,1-3H3. The molecule has 0 N–H and O–H groups in total. The van der Waals surface area contributed by atoms with E-state index in [2.05, 4.69) is 15.1 Å². The second-order valence-electron chi connectivity index (χ2n) is 5.99. The van der Waals surface area contributed by atoms with Crippen LogP contribution in [0.2, 0.25) is 0 Å². The molecule has 0 atom stereocenters. The summed E-state index contributed by atoms with van der Waals surface area (Å²) in [5.74, 6) is 0.424. The Morgan fingerprint density at radius 1 is 1.19 bits per heavy atom. The molecule has 4 aromatic rings. The van der Waals surface area contributed by atoms with Gasteiger partial charge in [-0.1, -0.05) is 17.8 Å². The van der Waals surface area contributed by atoms with Crippen LogP contribution in [0.5, 0.6) is 0 Å². The van der Waals surface area contributed by atoms with Gasteiger partial charge in [0.2, 0.25) is 5.16 Å². The van der Waals surface area contributed by atoms with Crippen molar-refractivity contribution in [3.05, 3.63) is 62.2 Å². The third-order valence-corrected chi connectivity index (χ3v) is 4.88. The third kappa shape index (κ3) is 2.65. The van der Waals surface area contributed by atoms with Gasteiger partial charge in [0.25, 0.3) is 17.0 Å². The summed E-state index contributed by atoms with van der Waals surface area (Å²) in [5, 5.41) is 16.4. The Balaban J connectivity index is 2.05. The molecule has 27 heavy (non-hydrogen) atoms. The topological polar surface area (TPSA) is 108 Å². The van der Waals surface area contributed by atoms with Crippen molar-refractivity contribution in [3.8, 4) is 5.69 Å². The first kappa shape index (κ1) is 17.2. The Kier molecular flexibility index (Phi) is 3.92. The van der Waals surface area contributed by atoms with Crippen LogP contribution in [0.25, 0.3) is 22.4 Å². The highest BCUT2D eigenvalue weighted by molar-refractivity contribution is 7.98. The Labute approximate surface area is 156 Å². The molecule has 0 spiro atoms. The van der Waals surface area contributed by atoms with Crippen LogP contribution in [0.15, 0.2) is 40.4 Å². The molecular formula is C17H14N6O3S. The molecule has 0 amide bonds. The third-order valence-electron chi connectivity index (χ3n) is 4.34. The van der Waals surface area contributed by atoms with Crippen LogP contribution >= 0.6 is 11.8 Å². The molecule has 1 aromatic carbocycles. The number of aromatic nitrogens is 5. The lowest BCUT2D eigenvalue weighted by Crippen LogP contribution is -2.21. The molecule has 0 saturated carbocycles. The number of nitro groups is 1. The molecule has 0 saturated heterocycles. The number of thioether (sulfide) groups is 1. The van der Waals surface area contributed by atoms with Crippen molar-refractivity contribution in [1.82, 2.24) is 24.1 Å². The van der Waals surface area contributed by atoms with Crippen LogP contribution in [0.1, 0.15) is 11.3 Å². The smallest absolute Gasteiger partial charge is 0.271 e. The van der Waals surface area contributed by atoms with Crippen LogP contribution in [0.4, 0.5) is 5.69 Å². The molecule has 0 aliphatic carbocycles.